The fourth-order valence-electron chi connectivity index (χ4n) is 6.14. The van der Waals surface area contributed by atoms with Crippen molar-refractivity contribution >= 4 is 55.0 Å². The molecule has 43 heavy (non-hydrogen) atoms. The van der Waals surface area contributed by atoms with Crippen molar-refractivity contribution in [3.05, 3.63) is 34.9 Å². The first-order chi connectivity index (χ1) is 20.6. The number of rotatable bonds is 7. The average molecular weight is 636 g/mol. The van der Waals surface area contributed by atoms with Gasteiger partial charge in [-0.3, -0.25) is 0 Å². The Morgan fingerprint density at radius 1 is 1.07 bits per heavy atom. The number of fused-ring (bicyclic) bond motifs is 2. The number of hydrogen-bond donors (Lipinski definition) is 2. The minimum atomic E-state index is -3.05. The summed E-state index contributed by atoms with van der Waals surface area (Å²) < 4.78 is 66.9. The summed E-state index contributed by atoms with van der Waals surface area (Å²) in [5.41, 5.74) is 6.06. The standard InChI is InChI=1S/C29H30ClF4N7OS/c30-18-11-17-22(21(32)20(18)16-3-4-19(31)24-23(16)37-26(35)43-24)38-27(39-25(17)41-10-7-36-12-29(33,34)14-41)42-15-28(5-6-28)13-40-8-1-2-9-40/h3-4,11,36H,1-2,5-10,12-15H2,(H2,35,37). The van der Waals surface area contributed by atoms with Gasteiger partial charge in [-0.25, -0.2) is 22.5 Å². The highest BCUT2D eigenvalue weighted by Gasteiger charge is 2.45. The lowest BCUT2D eigenvalue weighted by molar-refractivity contribution is 0.0156. The maximum absolute atomic E-state index is 16.6. The van der Waals surface area contributed by atoms with Crippen LogP contribution in [0, 0.1) is 17.0 Å². The van der Waals surface area contributed by atoms with E-state index in [1.807, 2.05) is 0 Å². The highest BCUT2D eigenvalue weighted by atomic mass is 35.5. The highest BCUT2D eigenvalue weighted by molar-refractivity contribution is 7.22. The smallest absolute Gasteiger partial charge is 0.319 e. The Bertz CT molecular complexity index is 1710. The van der Waals surface area contributed by atoms with E-state index in [1.165, 1.54) is 35.9 Å². The van der Waals surface area contributed by atoms with E-state index >= 15 is 4.39 Å². The van der Waals surface area contributed by atoms with E-state index < -0.39 is 30.6 Å². The molecule has 2 aromatic carbocycles. The summed E-state index contributed by atoms with van der Waals surface area (Å²) in [6, 6.07) is 3.97. The van der Waals surface area contributed by atoms with E-state index in [0.29, 0.717) is 6.61 Å². The molecule has 0 amide bonds. The first-order valence-corrected chi connectivity index (χ1v) is 15.5. The van der Waals surface area contributed by atoms with Crippen LogP contribution in [0.15, 0.2) is 18.2 Å². The van der Waals surface area contributed by atoms with Crippen molar-refractivity contribution in [3.63, 3.8) is 0 Å². The van der Waals surface area contributed by atoms with E-state index in [0.717, 1.165) is 43.8 Å². The number of hydrogen-bond acceptors (Lipinski definition) is 9. The summed E-state index contributed by atoms with van der Waals surface area (Å²) in [7, 11) is 0. The zero-order valence-electron chi connectivity index (χ0n) is 23.2. The Hall–Kier alpha value is -3.00. The van der Waals surface area contributed by atoms with Gasteiger partial charge >= 0.3 is 6.01 Å². The van der Waals surface area contributed by atoms with Gasteiger partial charge in [0.25, 0.3) is 5.92 Å². The first kappa shape index (κ1) is 28.8. The van der Waals surface area contributed by atoms with Crippen LogP contribution in [0.4, 0.5) is 28.5 Å². The number of aromatic nitrogens is 3. The van der Waals surface area contributed by atoms with Gasteiger partial charge in [0, 0.05) is 41.6 Å². The quantitative estimate of drug-likeness (QED) is 0.249. The van der Waals surface area contributed by atoms with Crippen LogP contribution in [0.5, 0.6) is 6.01 Å². The summed E-state index contributed by atoms with van der Waals surface area (Å²) in [5, 5.41) is 3.02. The van der Waals surface area contributed by atoms with Crippen LogP contribution in [0.3, 0.4) is 0 Å². The number of likely N-dealkylation sites (tertiary alicyclic amines) is 1. The molecule has 1 saturated carbocycles. The van der Waals surface area contributed by atoms with Crippen molar-refractivity contribution < 1.29 is 22.3 Å². The molecular weight excluding hydrogens is 606 g/mol. The highest BCUT2D eigenvalue weighted by Crippen LogP contribution is 2.47. The number of halogens is 5. The van der Waals surface area contributed by atoms with E-state index in [9.17, 15) is 13.2 Å². The fraction of sp³-hybridized carbons (Fsp3) is 0.483. The zero-order chi connectivity index (χ0) is 29.9. The Balaban J connectivity index is 1.34. The Morgan fingerprint density at radius 3 is 2.63 bits per heavy atom. The normalized spacial score (nSPS) is 20.2. The third-order valence-electron chi connectivity index (χ3n) is 8.51. The van der Waals surface area contributed by atoms with Crippen molar-refractivity contribution in [2.45, 2.75) is 31.6 Å². The molecule has 2 aromatic heterocycles. The van der Waals surface area contributed by atoms with Gasteiger partial charge in [-0.15, -0.1) is 0 Å². The lowest BCUT2D eigenvalue weighted by Gasteiger charge is -2.27. The monoisotopic (exact) mass is 635 g/mol. The summed E-state index contributed by atoms with van der Waals surface area (Å²) in [6.45, 7) is 2.75. The topological polar surface area (TPSA) is 92.4 Å². The molecule has 4 aromatic rings. The van der Waals surface area contributed by atoms with Gasteiger partial charge in [0.2, 0.25) is 0 Å². The van der Waals surface area contributed by atoms with Gasteiger partial charge in [-0.2, -0.15) is 9.97 Å². The number of nitrogens with one attached hydrogen (secondary N) is 1. The second-order valence-corrected chi connectivity index (χ2v) is 13.3. The molecule has 3 aliphatic rings. The molecule has 7 rings (SSSR count). The number of nitrogens with two attached hydrogens (primary N) is 1. The molecule has 8 nitrogen and oxygen atoms in total. The predicted molar refractivity (Wildman–Crippen MR) is 160 cm³/mol. The van der Waals surface area contributed by atoms with Crippen LogP contribution in [0.25, 0.3) is 32.2 Å². The molecule has 14 heteroatoms. The maximum atomic E-state index is 16.6. The van der Waals surface area contributed by atoms with E-state index in [1.54, 1.807) is 0 Å². The average Bonchev–Trinajstić information content (AvgIpc) is 3.38. The first-order valence-electron chi connectivity index (χ1n) is 14.3. The summed E-state index contributed by atoms with van der Waals surface area (Å²) >= 11 is 7.63. The van der Waals surface area contributed by atoms with Gasteiger partial charge in [-0.05, 0) is 57.0 Å². The number of thiazole rings is 1. The van der Waals surface area contributed by atoms with Gasteiger partial charge in [0.05, 0.1) is 34.9 Å². The molecule has 4 heterocycles. The molecule has 2 aliphatic heterocycles. The van der Waals surface area contributed by atoms with Crippen LogP contribution in [-0.4, -0.2) is 78.2 Å². The summed E-state index contributed by atoms with van der Waals surface area (Å²) in [5.74, 6) is -4.28. The summed E-state index contributed by atoms with van der Waals surface area (Å²) in [4.78, 5) is 17.1. The van der Waals surface area contributed by atoms with Crippen molar-refractivity contribution in [1.29, 1.82) is 0 Å². The van der Waals surface area contributed by atoms with E-state index in [2.05, 4.69) is 25.2 Å². The Labute approximate surface area is 254 Å². The van der Waals surface area contributed by atoms with Crippen LogP contribution in [0.2, 0.25) is 5.02 Å². The van der Waals surface area contributed by atoms with Crippen LogP contribution in [0.1, 0.15) is 25.7 Å². The SMILES string of the molecule is Nc1nc2c(-c3c(Cl)cc4c(N5CCNCC(F)(F)C5)nc(OCC5(CN6CCCC6)CC5)nc4c3F)ccc(F)c2s1. The third-order valence-corrected chi connectivity index (χ3v) is 9.70. The largest absolute Gasteiger partial charge is 0.463 e. The zero-order valence-corrected chi connectivity index (χ0v) is 24.8. The molecule has 0 radical (unpaired) electrons. The molecule has 0 unspecified atom stereocenters. The van der Waals surface area contributed by atoms with Gasteiger partial charge in [-0.1, -0.05) is 22.9 Å². The number of anilines is 2. The number of nitrogens with zero attached hydrogens (tertiary/aromatic N) is 5. The van der Waals surface area contributed by atoms with Gasteiger partial charge in [0.1, 0.15) is 17.2 Å². The van der Waals surface area contributed by atoms with Gasteiger partial charge < -0.3 is 25.6 Å². The van der Waals surface area contributed by atoms with Crippen molar-refractivity contribution in [3.8, 4) is 17.1 Å². The van der Waals surface area contributed by atoms with Crippen LogP contribution < -0.4 is 20.7 Å². The van der Waals surface area contributed by atoms with E-state index in [4.69, 9.17) is 22.1 Å². The number of benzene rings is 2. The van der Waals surface area contributed by atoms with Crippen molar-refractivity contribution in [2.24, 2.45) is 5.41 Å². The van der Waals surface area contributed by atoms with Crippen molar-refractivity contribution in [2.75, 3.05) is 63.1 Å². The summed E-state index contributed by atoms with van der Waals surface area (Å²) in [6.07, 6.45) is 4.36. The maximum Gasteiger partial charge on any atom is 0.319 e. The Morgan fingerprint density at radius 2 is 1.86 bits per heavy atom. The number of nitrogen functional groups attached to an aromatic ring is 1. The molecule has 0 bridgehead atoms. The molecule has 2 saturated heterocycles. The number of ether oxygens (including phenoxy) is 1. The molecule has 0 atom stereocenters. The lowest BCUT2D eigenvalue weighted by Crippen LogP contribution is -2.39. The lowest BCUT2D eigenvalue weighted by atomic mass is 10.0. The minimum Gasteiger partial charge on any atom is -0.463 e. The van der Waals surface area contributed by atoms with E-state index in [-0.39, 0.29) is 72.7 Å². The molecule has 0 spiro atoms. The second-order valence-electron chi connectivity index (χ2n) is 11.8. The molecular formula is C29H30ClF4N7OS. The Kier molecular flexibility index (Phi) is 7.26. The second kappa shape index (κ2) is 10.9. The predicted octanol–water partition coefficient (Wildman–Crippen LogP) is 5.72. The molecule has 1 aliphatic carbocycles. The fourth-order valence-corrected chi connectivity index (χ4v) is 7.20. The molecule has 228 valence electrons. The minimum absolute atomic E-state index is 0.0229. The molecule has 3 fully saturated rings. The van der Waals surface area contributed by atoms with Crippen LogP contribution >= 0.6 is 22.9 Å². The molecule has 3 N–H and O–H groups in total. The van der Waals surface area contributed by atoms with Crippen molar-refractivity contribution in [1.82, 2.24) is 25.2 Å². The van der Waals surface area contributed by atoms with Gasteiger partial charge in [0.15, 0.2) is 10.9 Å². The van der Waals surface area contributed by atoms with Crippen LogP contribution in [-0.2, 0) is 0 Å². The third kappa shape index (κ3) is 5.56. The number of alkyl halides is 2.